The van der Waals surface area contributed by atoms with Gasteiger partial charge in [0.15, 0.2) is 0 Å². The molecule has 2 bridgehead atoms. The standard InChI is InChI=1S/C23H29N3O3/c1-29-19-5-6-20-17(12-19)7-9-24(20)10-8-22(27)25-13-16-11-18(15-25)21-3-2-4-23(28)26(21)14-16/h5-7,9,12,16,18,21H,2-4,8,10-11,13-15H2,1H3. The van der Waals surface area contributed by atoms with Crippen molar-refractivity contribution in [3.63, 3.8) is 0 Å². The first-order valence-electron chi connectivity index (χ1n) is 10.8. The molecule has 6 heteroatoms. The average molecular weight is 396 g/mol. The van der Waals surface area contributed by atoms with Crippen LogP contribution in [0, 0.1) is 11.8 Å². The van der Waals surface area contributed by atoms with Gasteiger partial charge >= 0.3 is 0 Å². The summed E-state index contributed by atoms with van der Waals surface area (Å²) < 4.78 is 7.45. The first kappa shape index (κ1) is 18.5. The number of ether oxygens (including phenoxy) is 1. The lowest BCUT2D eigenvalue weighted by atomic mass is 9.76. The van der Waals surface area contributed by atoms with Crippen molar-refractivity contribution in [2.75, 3.05) is 26.7 Å². The third-order valence-corrected chi connectivity index (χ3v) is 7.08. The Morgan fingerprint density at radius 2 is 2.10 bits per heavy atom. The number of rotatable bonds is 4. The van der Waals surface area contributed by atoms with Crippen LogP contribution < -0.4 is 4.74 Å². The summed E-state index contributed by atoms with van der Waals surface area (Å²) in [5, 5.41) is 1.13. The third kappa shape index (κ3) is 3.38. The van der Waals surface area contributed by atoms with Crippen LogP contribution in [0.5, 0.6) is 5.75 Å². The topological polar surface area (TPSA) is 54.8 Å². The van der Waals surface area contributed by atoms with Gasteiger partial charge in [0.25, 0.3) is 0 Å². The average Bonchev–Trinajstić information content (AvgIpc) is 3.14. The highest BCUT2D eigenvalue weighted by Gasteiger charge is 2.44. The number of benzene rings is 1. The summed E-state index contributed by atoms with van der Waals surface area (Å²) in [5.41, 5.74) is 1.13. The number of carbonyl (C=O) groups excluding carboxylic acids is 2. The number of carbonyl (C=O) groups is 2. The summed E-state index contributed by atoms with van der Waals surface area (Å²) in [5.74, 6) is 2.31. The molecule has 2 amide bonds. The maximum atomic E-state index is 13.0. The van der Waals surface area contributed by atoms with Gasteiger partial charge in [-0.15, -0.1) is 0 Å². The number of likely N-dealkylation sites (tertiary alicyclic amines) is 1. The molecule has 3 atom stereocenters. The zero-order valence-electron chi connectivity index (χ0n) is 17.0. The SMILES string of the molecule is COc1ccc2c(ccn2CCC(=O)N2CC3CC(C2)C2CCCC(=O)N2C3)c1. The molecule has 5 rings (SSSR count). The van der Waals surface area contributed by atoms with E-state index in [1.807, 2.05) is 18.3 Å². The molecule has 0 spiro atoms. The van der Waals surface area contributed by atoms with Crippen molar-refractivity contribution in [1.29, 1.82) is 0 Å². The van der Waals surface area contributed by atoms with Crippen molar-refractivity contribution in [3.8, 4) is 5.75 Å². The maximum absolute atomic E-state index is 13.0. The zero-order valence-corrected chi connectivity index (χ0v) is 17.0. The summed E-state index contributed by atoms with van der Waals surface area (Å²) in [4.78, 5) is 29.5. The Bertz CT molecular complexity index is 937. The highest BCUT2D eigenvalue weighted by Crippen LogP contribution is 2.38. The molecule has 1 aromatic carbocycles. The molecule has 0 N–H and O–H groups in total. The van der Waals surface area contributed by atoms with Gasteiger partial charge in [0.1, 0.15) is 5.75 Å². The summed E-state index contributed by atoms with van der Waals surface area (Å²) in [6, 6.07) is 8.47. The number of hydrogen-bond donors (Lipinski definition) is 0. The van der Waals surface area contributed by atoms with Gasteiger partial charge in [-0.3, -0.25) is 9.59 Å². The summed E-state index contributed by atoms with van der Waals surface area (Å²) >= 11 is 0. The lowest BCUT2D eigenvalue weighted by Gasteiger charge is -2.52. The molecule has 29 heavy (non-hydrogen) atoms. The number of aromatic nitrogens is 1. The van der Waals surface area contributed by atoms with Gasteiger partial charge in [-0.25, -0.2) is 0 Å². The van der Waals surface area contributed by atoms with E-state index in [9.17, 15) is 9.59 Å². The lowest BCUT2D eigenvalue weighted by molar-refractivity contribution is -0.148. The predicted molar refractivity (Wildman–Crippen MR) is 111 cm³/mol. The first-order chi connectivity index (χ1) is 14.1. The molecule has 3 unspecified atom stereocenters. The third-order valence-electron chi connectivity index (χ3n) is 7.08. The Kier molecular flexibility index (Phi) is 4.72. The van der Waals surface area contributed by atoms with Crippen molar-refractivity contribution < 1.29 is 14.3 Å². The van der Waals surface area contributed by atoms with Crippen LogP contribution in [0.1, 0.15) is 32.1 Å². The first-order valence-corrected chi connectivity index (χ1v) is 10.8. The van der Waals surface area contributed by atoms with Crippen LogP contribution >= 0.6 is 0 Å². The normalized spacial score (nSPS) is 26.5. The van der Waals surface area contributed by atoms with E-state index < -0.39 is 0 Å². The van der Waals surface area contributed by atoms with E-state index in [1.165, 1.54) is 6.42 Å². The number of hydrogen-bond acceptors (Lipinski definition) is 3. The molecule has 6 nitrogen and oxygen atoms in total. The molecule has 0 saturated carbocycles. The maximum Gasteiger partial charge on any atom is 0.224 e. The van der Waals surface area contributed by atoms with Crippen molar-refractivity contribution in [1.82, 2.24) is 14.4 Å². The molecule has 3 saturated heterocycles. The van der Waals surface area contributed by atoms with Gasteiger partial charge in [0.2, 0.25) is 11.8 Å². The fraction of sp³-hybridized carbons (Fsp3) is 0.565. The molecular weight excluding hydrogens is 366 g/mol. The van der Waals surface area contributed by atoms with E-state index in [0.717, 1.165) is 49.1 Å². The zero-order chi connectivity index (χ0) is 20.0. The monoisotopic (exact) mass is 395 g/mol. The molecular formula is C23H29N3O3. The van der Waals surface area contributed by atoms with Gasteiger partial charge in [-0.05, 0) is 55.4 Å². The Hall–Kier alpha value is -2.50. The van der Waals surface area contributed by atoms with Gasteiger partial charge in [-0.1, -0.05) is 0 Å². The van der Waals surface area contributed by atoms with E-state index in [4.69, 9.17) is 4.74 Å². The van der Waals surface area contributed by atoms with Gasteiger partial charge in [0, 0.05) is 62.2 Å². The molecule has 0 radical (unpaired) electrons. The molecule has 3 aliphatic rings. The van der Waals surface area contributed by atoms with Crippen LogP contribution in [0.15, 0.2) is 30.5 Å². The van der Waals surface area contributed by atoms with Crippen LogP contribution in [0.3, 0.4) is 0 Å². The fourth-order valence-corrected chi connectivity index (χ4v) is 5.69. The number of amides is 2. The van der Waals surface area contributed by atoms with Crippen molar-refractivity contribution >= 4 is 22.7 Å². The van der Waals surface area contributed by atoms with E-state index in [-0.39, 0.29) is 5.91 Å². The minimum atomic E-state index is 0.241. The Labute approximate surface area is 171 Å². The van der Waals surface area contributed by atoms with Crippen molar-refractivity contribution in [2.24, 2.45) is 11.8 Å². The highest BCUT2D eigenvalue weighted by atomic mass is 16.5. The number of aryl methyl sites for hydroxylation is 1. The van der Waals surface area contributed by atoms with E-state index in [2.05, 4.69) is 26.5 Å². The van der Waals surface area contributed by atoms with Gasteiger partial charge in [0.05, 0.1) is 7.11 Å². The second kappa shape index (κ2) is 7.39. The minimum absolute atomic E-state index is 0.241. The molecule has 0 aliphatic carbocycles. The molecule has 1 aromatic heterocycles. The summed E-state index contributed by atoms with van der Waals surface area (Å²) in [7, 11) is 1.67. The Morgan fingerprint density at radius 1 is 1.21 bits per heavy atom. The quantitative estimate of drug-likeness (QED) is 0.800. The molecule has 4 heterocycles. The van der Waals surface area contributed by atoms with E-state index >= 15 is 0 Å². The van der Waals surface area contributed by atoms with E-state index in [1.54, 1.807) is 7.11 Å². The van der Waals surface area contributed by atoms with Crippen molar-refractivity contribution in [2.45, 2.75) is 44.7 Å². The molecule has 154 valence electrons. The Balaban J connectivity index is 1.24. The fourth-order valence-electron chi connectivity index (χ4n) is 5.69. The van der Waals surface area contributed by atoms with E-state index in [0.29, 0.717) is 43.2 Å². The lowest BCUT2D eigenvalue weighted by Crippen LogP contribution is -2.61. The number of piperidine rings is 3. The second-order valence-corrected chi connectivity index (χ2v) is 8.85. The number of fused-ring (bicyclic) bond motifs is 5. The number of nitrogens with zero attached hydrogens (tertiary/aromatic N) is 3. The molecule has 3 fully saturated rings. The molecule has 3 aliphatic heterocycles. The smallest absolute Gasteiger partial charge is 0.224 e. The second-order valence-electron chi connectivity index (χ2n) is 8.85. The van der Waals surface area contributed by atoms with Gasteiger partial charge < -0.3 is 19.1 Å². The van der Waals surface area contributed by atoms with Crippen LogP contribution in [0.25, 0.3) is 10.9 Å². The van der Waals surface area contributed by atoms with Crippen LogP contribution in [-0.2, 0) is 16.1 Å². The number of methoxy groups -OCH3 is 1. The molecule has 2 aromatic rings. The largest absolute Gasteiger partial charge is 0.497 e. The van der Waals surface area contributed by atoms with Crippen LogP contribution in [-0.4, -0.2) is 59.0 Å². The highest BCUT2D eigenvalue weighted by molar-refractivity contribution is 5.82. The summed E-state index contributed by atoms with van der Waals surface area (Å²) in [6.45, 7) is 3.14. The minimum Gasteiger partial charge on any atom is -0.497 e. The van der Waals surface area contributed by atoms with Gasteiger partial charge in [-0.2, -0.15) is 0 Å². The van der Waals surface area contributed by atoms with Crippen molar-refractivity contribution in [3.05, 3.63) is 30.5 Å². The van der Waals surface area contributed by atoms with Crippen LogP contribution in [0.2, 0.25) is 0 Å². The predicted octanol–water partition coefficient (Wildman–Crippen LogP) is 2.90. The Morgan fingerprint density at radius 3 is 2.97 bits per heavy atom. The van der Waals surface area contributed by atoms with Crippen LogP contribution in [0.4, 0.5) is 0 Å². The summed E-state index contributed by atoms with van der Waals surface area (Å²) in [6.07, 6.45) is 6.54.